The average Bonchev–Trinajstić information content (AvgIpc) is 2.55. The van der Waals surface area contributed by atoms with Gasteiger partial charge in [0.25, 0.3) is 5.69 Å². The number of nitro groups is 1. The van der Waals surface area contributed by atoms with Gasteiger partial charge in [-0.1, -0.05) is 29.8 Å². The molecule has 0 aliphatic heterocycles. The lowest BCUT2D eigenvalue weighted by Gasteiger charge is -2.21. The van der Waals surface area contributed by atoms with Crippen molar-refractivity contribution in [1.29, 1.82) is 0 Å². The van der Waals surface area contributed by atoms with Crippen LogP contribution in [-0.2, 0) is 4.79 Å². The van der Waals surface area contributed by atoms with E-state index < -0.39 is 29.4 Å². The third kappa shape index (κ3) is 5.18. The lowest BCUT2D eigenvalue weighted by atomic mass is 10.0. The second-order valence-corrected chi connectivity index (χ2v) is 5.46. The van der Waals surface area contributed by atoms with Gasteiger partial charge in [0.2, 0.25) is 0 Å². The van der Waals surface area contributed by atoms with Crippen molar-refractivity contribution in [3.63, 3.8) is 0 Å². The van der Waals surface area contributed by atoms with E-state index in [1.54, 1.807) is 30.3 Å². The van der Waals surface area contributed by atoms with E-state index in [-0.39, 0.29) is 16.3 Å². The van der Waals surface area contributed by atoms with E-state index in [2.05, 4.69) is 10.6 Å². The fraction of sp³-hybridized carbons (Fsp3) is 0.125. The van der Waals surface area contributed by atoms with Crippen molar-refractivity contribution in [2.75, 3.05) is 5.32 Å². The van der Waals surface area contributed by atoms with E-state index in [1.165, 1.54) is 12.1 Å². The van der Waals surface area contributed by atoms with Gasteiger partial charge in [-0.3, -0.25) is 10.1 Å². The Kier molecular flexibility index (Phi) is 5.91. The Balaban J connectivity index is 2.24. The zero-order valence-corrected chi connectivity index (χ0v) is 13.5. The predicted octanol–water partition coefficient (Wildman–Crippen LogP) is 2.25. The van der Waals surface area contributed by atoms with Crippen LogP contribution in [0, 0.1) is 10.1 Å². The van der Waals surface area contributed by atoms with Crippen molar-refractivity contribution in [2.45, 2.75) is 12.5 Å². The summed E-state index contributed by atoms with van der Waals surface area (Å²) in [7, 11) is 0. The molecule has 0 saturated carbocycles. The summed E-state index contributed by atoms with van der Waals surface area (Å²) in [6.07, 6.45) is -0.594. The molecule has 130 valence electrons. The van der Waals surface area contributed by atoms with Gasteiger partial charge >= 0.3 is 6.03 Å². The van der Waals surface area contributed by atoms with Crippen molar-refractivity contribution in [3.05, 3.63) is 69.2 Å². The Morgan fingerprint density at radius 1 is 1.16 bits per heavy atom. The van der Waals surface area contributed by atoms with Crippen LogP contribution in [0.25, 0.3) is 0 Å². The summed E-state index contributed by atoms with van der Waals surface area (Å²) in [4.78, 5) is 33.4. The number of aliphatic carboxylic acids is 1. The molecule has 0 saturated heterocycles. The van der Waals surface area contributed by atoms with Crippen molar-refractivity contribution in [3.8, 4) is 0 Å². The highest BCUT2D eigenvalue weighted by Gasteiger charge is 2.21. The number of rotatable bonds is 6. The van der Waals surface area contributed by atoms with Crippen LogP contribution in [0.4, 0.5) is 16.2 Å². The molecule has 0 aliphatic carbocycles. The molecule has 2 amide bonds. The first-order chi connectivity index (χ1) is 11.9. The SMILES string of the molecule is O=C([O-])C[C@H](NC(=O)Nc1ccccc1)c1cc([N+](=O)[O-])ccc1Cl. The number of hydrogen-bond donors (Lipinski definition) is 2. The predicted molar refractivity (Wildman–Crippen MR) is 89.1 cm³/mol. The number of carbonyl (C=O) groups excluding carboxylic acids is 2. The summed E-state index contributed by atoms with van der Waals surface area (Å²) in [5.41, 5.74) is 0.341. The normalized spacial score (nSPS) is 11.4. The fourth-order valence-electron chi connectivity index (χ4n) is 2.16. The molecular weight excluding hydrogens is 350 g/mol. The minimum absolute atomic E-state index is 0.0943. The Labute approximate surface area is 147 Å². The number of hydrogen-bond acceptors (Lipinski definition) is 5. The van der Waals surface area contributed by atoms with E-state index in [9.17, 15) is 24.8 Å². The maximum absolute atomic E-state index is 12.1. The van der Waals surface area contributed by atoms with Gasteiger partial charge in [-0.15, -0.1) is 0 Å². The summed E-state index contributed by atoms with van der Waals surface area (Å²) in [6, 6.07) is 10.3. The molecular formula is C16H13ClN3O5-. The van der Waals surface area contributed by atoms with E-state index in [4.69, 9.17) is 11.6 Å². The first-order valence-electron chi connectivity index (χ1n) is 7.13. The number of non-ortho nitro benzene ring substituents is 1. The molecule has 9 heteroatoms. The van der Waals surface area contributed by atoms with E-state index in [0.717, 1.165) is 6.07 Å². The molecule has 0 spiro atoms. The third-order valence-corrected chi connectivity index (χ3v) is 3.62. The fourth-order valence-corrected chi connectivity index (χ4v) is 2.41. The quantitative estimate of drug-likeness (QED) is 0.602. The third-order valence-electron chi connectivity index (χ3n) is 3.27. The van der Waals surface area contributed by atoms with Crippen LogP contribution in [0.2, 0.25) is 5.02 Å². The maximum atomic E-state index is 12.1. The second-order valence-electron chi connectivity index (χ2n) is 5.06. The number of nitro benzene ring substituents is 1. The summed E-state index contributed by atoms with van der Waals surface area (Å²) in [6.45, 7) is 0. The zero-order chi connectivity index (χ0) is 18.4. The first kappa shape index (κ1) is 18.2. The molecule has 0 aliphatic rings. The molecule has 2 aromatic rings. The maximum Gasteiger partial charge on any atom is 0.319 e. The zero-order valence-electron chi connectivity index (χ0n) is 12.8. The monoisotopic (exact) mass is 362 g/mol. The highest BCUT2D eigenvalue weighted by molar-refractivity contribution is 6.31. The number of amides is 2. The highest BCUT2D eigenvalue weighted by Crippen LogP contribution is 2.29. The Bertz CT molecular complexity index is 798. The number of benzene rings is 2. The van der Waals surface area contributed by atoms with E-state index in [1.807, 2.05) is 0 Å². The minimum Gasteiger partial charge on any atom is -0.550 e. The number of carbonyl (C=O) groups is 2. The number of nitrogens with one attached hydrogen (secondary N) is 2. The number of nitrogens with zero attached hydrogens (tertiary/aromatic N) is 1. The molecule has 8 nitrogen and oxygen atoms in total. The van der Waals surface area contributed by atoms with Crippen LogP contribution >= 0.6 is 11.6 Å². The van der Waals surface area contributed by atoms with Gasteiger partial charge < -0.3 is 20.5 Å². The number of halogens is 1. The number of carboxylic acid groups (broad SMARTS) is 1. The summed E-state index contributed by atoms with van der Waals surface area (Å²) < 4.78 is 0. The number of para-hydroxylation sites is 1. The highest BCUT2D eigenvalue weighted by atomic mass is 35.5. The van der Waals surface area contributed by atoms with Crippen LogP contribution in [0.1, 0.15) is 18.0 Å². The van der Waals surface area contributed by atoms with Crippen molar-refractivity contribution >= 4 is 35.0 Å². The van der Waals surface area contributed by atoms with Gasteiger partial charge in [0.05, 0.1) is 11.0 Å². The van der Waals surface area contributed by atoms with E-state index >= 15 is 0 Å². The Hall–Kier alpha value is -3.13. The Morgan fingerprint density at radius 3 is 2.44 bits per heavy atom. The number of anilines is 1. The number of carboxylic acids is 1. The first-order valence-corrected chi connectivity index (χ1v) is 7.51. The van der Waals surface area contributed by atoms with Gasteiger partial charge in [0.1, 0.15) is 0 Å². The van der Waals surface area contributed by atoms with Crippen LogP contribution in [-0.4, -0.2) is 16.9 Å². The summed E-state index contributed by atoms with van der Waals surface area (Å²) >= 11 is 6.02. The smallest absolute Gasteiger partial charge is 0.319 e. The van der Waals surface area contributed by atoms with Gasteiger partial charge in [-0.05, 0) is 18.2 Å². The number of urea groups is 1. The largest absolute Gasteiger partial charge is 0.550 e. The molecule has 1 atom stereocenters. The van der Waals surface area contributed by atoms with Crippen LogP contribution < -0.4 is 15.7 Å². The van der Waals surface area contributed by atoms with Crippen LogP contribution in [0.15, 0.2) is 48.5 Å². The molecule has 2 N–H and O–H groups in total. The molecule has 0 unspecified atom stereocenters. The lowest BCUT2D eigenvalue weighted by Crippen LogP contribution is -2.36. The van der Waals surface area contributed by atoms with Gasteiger partial charge in [0, 0.05) is 40.8 Å². The van der Waals surface area contributed by atoms with Crippen molar-refractivity contribution in [2.24, 2.45) is 0 Å². The molecule has 0 radical (unpaired) electrons. The van der Waals surface area contributed by atoms with Gasteiger partial charge in [0.15, 0.2) is 0 Å². The average molecular weight is 363 g/mol. The molecule has 0 aromatic heterocycles. The standard InChI is InChI=1S/C16H14ClN3O5/c17-13-7-6-11(20(24)25)8-12(13)14(9-15(21)22)19-16(23)18-10-4-2-1-3-5-10/h1-8,14H,9H2,(H,21,22)(H2,18,19,23)/p-1/t14-/m0/s1. The molecule has 0 heterocycles. The summed E-state index contributed by atoms with van der Waals surface area (Å²) in [5, 5.41) is 27.0. The molecule has 0 fully saturated rings. The van der Waals surface area contributed by atoms with Crippen molar-refractivity contribution in [1.82, 2.24) is 5.32 Å². The van der Waals surface area contributed by atoms with Gasteiger partial charge in [-0.2, -0.15) is 0 Å². The minimum atomic E-state index is -1.44. The second kappa shape index (κ2) is 8.11. The molecule has 2 rings (SSSR count). The lowest BCUT2D eigenvalue weighted by molar-refractivity contribution is -0.385. The van der Waals surface area contributed by atoms with Crippen molar-refractivity contribution < 1.29 is 19.6 Å². The van der Waals surface area contributed by atoms with E-state index in [0.29, 0.717) is 5.69 Å². The molecule has 25 heavy (non-hydrogen) atoms. The topological polar surface area (TPSA) is 124 Å². The Morgan fingerprint density at radius 2 is 1.84 bits per heavy atom. The molecule has 0 bridgehead atoms. The van der Waals surface area contributed by atoms with Crippen LogP contribution in [0.3, 0.4) is 0 Å². The summed E-state index contributed by atoms with van der Waals surface area (Å²) in [5.74, 6) is -1.44. The van der Waals surface area contributed by atoms with Gasteiger partial charge in [-0.25, -0.2) is 4.79 Å². The molecule has 2 aromatic carbocycles. The van der Waals surface area contributed by atoms with Crippen LogP contribution in [0.5, 0.6) is 0 Å².